The minimum absolute atomic E-state index is 0.359. The zero-order valence-electron chi connectivity index (χ0n) is 16.2. The molecule has 2 aromatic rings. The fourth-order valence-electron chi connectivity index (χ4n) is 3.70. The predicted octanol–water partition coefficient (Wildman–Crippen LogP) is 1.25. The van der Waals surface area contributed by atoms with Crippen molar-refractivity contribution in [1.82, 2.24) is 0 Å². The Balaban J connectivity index is 1.40. The second-order valence-corrected chi connectivity index (χ2v) is 9.54. The van der Waals surface area contributed by atoms with Gasteiger partial charge in [0.25, 0.3) is 0 Å². The van der Waals surface area contributed by atoms with Crippen molar-refractivity contribution in [2.75, 3.05) is 39.3 Å². The number of aliphatic hydroxyl groups excluding tert-OH is 1. The van der Waals surface area contributed by atoms with Crippen LogP contribution >= 0.6 is 22.9 Å². The summed E-state index contributed by atoms with van der Waals surface area (Å²) in [6.45, 7) is 10.9. The van der Waals surface area contributed by atoms with Gasteiger partial charge in [0.1, 0.15) is 57.7 Å². The second-order valence-electron chi connectivity index (χ2n) is 7.74. The summed E-state index contributed by atoms with van der Waals surface area (Å²) in [5.41, 5.74) is 1.20. The molecule has 2 heterocycles. The maximum absolute atomic E-state index is 10.4. The maximum atomic E-state index is 10.4. The number of para-hydroxylation sites is 1. The summed E-state index contributed by atoms with van der Waals surface area (Å²) in [4.78, 5) is 4.43. The molecule has 0 saturated carbocycles. The van der Waals surface area contributed by atoms with E-state index in [-0.39, 0.29) is 0 Å². The van der Waals surface area contributed by atoms with Gasteiger partial charge in [0, 0.05) is 0 Å². The SMILES string of the molecule is CC(C)c1ccccc1OC[C@@H](O)C[NH+]1CC[NH+](Cc2ccc(Cl)s2)CC1. The van der Waals surface area contributed by atoms with Crippen molar-refractivity contribution < 1.29 is 19.6 Å². The fourth-order valence-corrected chi connectivity index (χ4v) is 4.86. The molecule has 1 aliphatic rings. The van der Waals surface area contributed by atoms with Crippen molar-refractivity contribution in [3.63, 3.8) is 0 Å². The number of halogens is 1. The molecular weight excluding hydrogens is 380 g/mol. The van der Waals surface area contributed by atoms with Crippen LogP contribution in [0.15, 0.2) is 36.4 Å². The summed E-state index contributed by atoms with van der Waals surface area (Å²) < 4.78 is 6.80. The third-order valence-corrected chi connectivity index (χ3v) is 6.44. The van der Waals surface area contributed by atoms with Crippen molar-refractivity contribution in [2.24, 2.45) is 0 Å². The normalized spacial score (nSPS) is 21.4. The molecule has 3 N–H and O–H groups in total. The number of benzene rings is 1. The van der Waals surface area contributed by atoms with Gasteiger partial charge in [0.2, 0.25) is 0 Å². The lowest BCUT2D eigenvalue weighted by Gasteiger charge is -2.30. The molecule has 1 aromatic carbocycles. The number of thiophene rings is 1. The highest BCUT2D eigenvalue weighted by atomic mass is 35.5. The van der Waals surface area contributed by atoms with E-state index < -0.39 is 6.10 Å². The van der Waals surface area contributed by atoms with E-state index in [2.05, 4.69) is 26.0 Å². The monoisotopic (exact) mass is 410 g/mol. The molecule has 6 heteroatoms. The lowest BCUT2D eigenvalue weighted by molar-refractivity contribution is -1.02. The Morgan fingerprint density at radius 3 is 2.44 bits per heavy atom. The quantitative estimate of drug-likeness (QED) is 0.612. The van der Waals surface area contributed by atoms with Gasteiger partial charge in [-0.2, -0.15) is 0 Å². The Labute approximate surface area is 171 Å². The van der Waals surface area contributed by atoms with Crippen LogP contribution in [0.25, 0.3) is 0 Å². The molecular formula is C21H31ClN2O2S+2. The van der Waals surface area contributed by atoms with Gasteiger partial charge in [0.15, 0.2) is 0 Å². The lowest BCUT2D eigenvalue weighted by atomic mass is 10.0. The van der Waals surface area contributed by atoms with Crippen LogP contribution in [0.2, 0.25) is 4.34 Å². The molecule has 0 bridgehead atoms. The van der Waals surface area contributed by atoms with Crippen molar-refractivity contribution in [3.05, 3.63) is 51.2 Å². The molecule has 3 rings (SSSR count). The Morgan fingerprint density at radius 1 is 1.07 bits per heavy atom. The standard InChI is InChI=1S/C21H29ClN2O2S/c1-16(2)19-5-3-4-6-20(19)26-15-17(25)13-23-9-11-24(12-10-23)14-18-7-8-21(22)27-18/h3-8,16-17,25H,9-15H2,1-2H3/p+2/t17-/m0/s1. The molecule has 148 valence electrons. The van der Waals surface area contributed by atoms with Crippen LogP contribution < -0.4 is 14.5 Å². The van der Waals surface area contributed by atoms with E-state index in [1.54, 1.807) is 16.2 Å². The van der Waals surface area contributed by atoms with Gasteiger partial charge in [-0.15, -0.1) is 11.3 Å². The topological polar surface area (TPSA) is 38.3 Å². The van der Waals surface area contributed by atoms with Crippen molar-refractivity contribution in [1.29, 1.82) is 0 Å². The van der Waals surface area contributed by atoms with Crippen LogP contribution in [0.5, 0.6) is 5.75 Å². The highest BCUT2D eigenvalue weighted by Crippen LogP contribution is 2.25. The predicted molar refractivity (Wildman–Crippen MR) is 111 cm³/mol. The van der Waals surface area contributed by atoms with E-state index in [0.29, 0.717) is 12.5 Å². The number of nitrogens with one attached hydrogen (secondary N) is 2. The molecule has 0 amide bonds. The fraction of sp³-hybridized carbons (Fsp3) is 0.524. The number of rotatable bonds is 8. The molecule has 0 aliphatic carbocycles. The lowest BCUT2D eigenvalue weighted by Crippen LogP contribution is -3.28. The number of hydrogen-bond donors (Lipinski definition) is 3. The third kappa shape index (κ3) is 6.19. The van der Waals surface area contributed by atoms with Crippen LogP contribution in [0, 0.1) is 0 Å². The van der Waals surface area contributed by atoms with Crippen LogP contribution in [0.1, 0.15) is 30.2 Å². The molecule has 27 heavy (non-hydrogen) atoms. The van der Waals surface area contributed by atoms with Gasteiger partial charge >= 0.3 is 0 Å². The van der Waals surface area contributed by atoms with Crippen LogP contribution in [-0.4, -0.2) is 50.5 Å². The molecule has 0 radical (unpaired) electrons. The van der Waals surface area contributed by atoms with Gasteiger partial charge in [-0.1, -0.05) is 43.6 Å². The first-order valence-corrected chi connectivity index (χ1v) is 11.0. The first-order valence-electron chi connectivity index (χ1n) is 9.82. The Morgan fingerprint density at radius 2 is 1.78 bits per heavy atom. The summed E-state index contributed by atoms with van der Waals surface area (Å²) in [5.74, 6) is 1.31. The Kier molecular flexibility index (Phi) is 7.56. The van der Waals surface area contributed by atoms with Crippen molar-refractivity contribution in [3.8, 4) is 5.75 Å². The molecule has 0 unspecified atom stereocenters. The van der Waals surface area contributed by atoms with E-state index >= 15 is 0 Å². The number of hydrogen-bond acceptors (Lipinski definition) is 3. The Bertz CT molecular complexity index is 714. The van der Waals surface area contributed by atoms with E-state index in [1.807, 2.05) is 24.3 Å². The van der Waals surface area contributed by atoms with Crippen molar-refractivity contribution >= 4 is 22.9 Å². The molecule has 1 saturated heterocycles. The summed E-state index contributed by atoms with van der Waals surface area (Å²) in [6, 6.07) is 12.2. The average Bonchev–Trinajstić information content (AvgIpc) is 3.06. The van der Waals surface area contributed by atoms with Crippen LogP contribution in [0.4, 0.5) is 0 Å². The molecule has 0 spiro atoms. The highest BCUT2D eigenvalue weighted by Gasteiger charge is 2.25. The first-order chi connectivity index (χ1) is 13.0. The van der Waals surface area contributed by atoms with Gasteiger partial charge in [-0.05, 0) is 29.7 Å². The summed E-state index contributed by atoms with van der Waals surface area (Å²) >= 11 is 7.71. The largest absolute Gasteiger partial charge is 0.490 e. The average molecular weight is 411 g/mol. The molecule has 4 nitrogen and oxygen atoms in total. The minimum atomic E-state index is -0.433. The molecule has 1 atom stereocenters. The molecule has 1 aliphatic heterocycles. The maximum Gasteiger partial charge on any atom is 0.137 e. The number of aliphatic hydroxyl groups is 1. The summed E-state index contributed by atoms with van der Waals surface area (Å²) in [6.07, 6.45) is -0.433. The zero-order valence-corrected chi connectivity index (χ0v) is 17.8. The molecule has 1 fully saturated rings. The van der Waals surface area contributed by atoms with E-state index in [9.17, 15) is 5.11 Å². The number of ether oxygens (including phenoxy) is 1. The van der Waals surface area contributed by atoms with Crippen LogP contribution in [0.3, 0.4) is 0 Å². The smallest absolute Gasteiger partial charge is 0.137 e. The minimum Gasteiger partial charge on any atom is -0.490 e. The van der Waals surface area contributed by atoms with Gasteiger partial charge in [-0.25, -0.2) is 0 Å². The van der Waals surface area contributed by atoms with E-state index in [1.165, 1.54) is 15.3 Å². The first kappa shape index (κ1) is 20.6. The Hall–Kier alpha value is -1.11. The highest BCUT2D eigenvalue weighted by molar-refractivity contribution is 7.16. The van der Waals surface area contributed by atoms with Crippen LogP contribution in [-0.2, 0) is 6.54 Å². The third-order valence-electron chi connectivity index (χ3n) is 5.21. The summed E-state index contributed by atoms with van der Waals surface area (Å²) in [5, 5.41) is 10.4. The van der Waals surface area contributed by atoms with Gasteiger partial charge < -0.3 is 19.6 Å². The second kappa shape index (κ2) is 9.89. The number of quaternary nitrogens is 2. The van der Waals surface area contributed by atoms with E-state index in [4.69, 9.17) is 16.3 Å². The zero-order chi connectivity index (χ0) is 19.2. The van der Waals surface area contributed by atoms with Crippen molar-refractivity contribution in [2.45, 2.75) is 32.4 Å². The molecule has 1 aromatic heterocycles. The van der Waals surface area contributed by atoms with Gasteiger partial charge in [-0.3, -0.25) is 0 Å². The number of piperazine rings is 1. The summed E-state index contributed by atoms with van der Waals surface area (Å²) in [7, 11) is 0. The van der Waals surface area contributed by atoms with Gasteiger partial charge in [0.05, 0.1) is 9.21 Å². The van der Waals surface area contributed by atoms with E-state index in [0.717, 1.165) is 49.4 Å².